The van der Waals surface area contributed by atoms with E-state index in [0.29, 0.717) is 0 Å². The van der Waals surface area contributed by atoms with E-state index in [1.807, 2.05) is 0 Å². The highest BCUT2D eigenvalue weighted by Gasteiger charge is 2.21. The van der Waals surface area contributed by atoms with Crippen LogP contribution in [0.5, 0.6) is 0 Å². The Labute approximate surface area is 302 Å². The van der Waals surface area contributed by atoms with Crippen LogP contribution in [0, 0.1) is 0 Å². The lowest BCUT2D eigenvalue weighted by molar-refractivity contribution is 0.669. The van der Waals surface area contributed by atoms with Crippen LogP contribution in [0.2, 0.25) is 0 Å². The van der Waals surface area contributed by atoms with Gasteiger partial charge in [-0.25, -0.2) is 0 Å². The summed E-state index contributed by atoms with van der Waals surface area (Å²) in [6.07, 6.45) is 0. The average Bonchev–Trinajstić information content (AvgIpc) is 3.58. The second-order valence-electron chi connectivity index (χ2n) is 13.4. The molecule has 0 spiro atoms. The molecule has 0 saturated carbocycles. The lowest BCUT2D eigenvalue weighted by atomic mass is 9.95. The molecule has 0 N–H and O–H groups in total. The van der Waals surface area contributed by atoms with Gasteiger partial charge in [-0.15, -0.1) is 0 Å². The highest BCUT2D eigenvalue weighted by Crippen LogP contribution is 2.46. The first-order valence-electron chi connectivity index (χ1n) is 17.8. The second kappa shape index (κ2) is 12.5. The number of furan rings is 1. The fourth-order valence-corrected chi connectivity index (χ4v) is 7.71. The normalized spacial score (nSPS) is 11.5. The van der Waals surface area contributed by atoms with Crippen LogP contribution >= 0.6 is 0 Å². The van der Waals surface area contributed by atoms with E-state index in [-0.39, 0.29) is 0 Å². The molecule has 0 aliphatic carbocycles. The van der Waals surface area contributed by atoms with Crippen LogP contribution in [-0.2, 0) is 0 Å². The largest absolute Gasteiger partial charge is 0.456 e. The minimum atomic E-state index is 0.883. The summed E-state index contributed by atoms with van der Waals surface area (Å²) in [6.45, 7) is 0. The van der Waals surface area contributed by atoms with Crippen LogP contribution in [0.25, 0.3) is 76.9 Å². The van der Waals surface area contributed by atoms with Gasteiger partial charge in [0, 0.05) is 27.7 Å². The minimum Gasteiger partial charge on any atom is -0.456 e. The van der Waals surface area contributed by atoms with Gasteiger partial charge in [-0.05, 0) is 104 Å². The van der Waals surface area contributed by atoms with E-state index in [2.05, 4.69) is 205 Å². The first kappa shape index (κ1) is 30.0. The van der Waals surface area contributed by atoms with Crippen LogP contribution in [0.3, 0.4) is 0 Å². The van der Waals surface area contributed by atoms with Gasteiger partial charge in [0.15, 0.2) is 0 Å². The molecule has 0 fully saturated rings. The van der Waals surface area contributed by atoms with E-state index in [9.17, 15) is 0 Å². The van der Waals surface area contributed by atoms with Crippen molar-refractivity contribution in [2.75, 3.05) is 4.90 Å². The van der Waals surface area contributed by atoms with E-state index < -0.39 is 0 Å². The zero-order valence-electron chi connectivity index (χ0n) is 28.4. The maximum Gasteiger partial charge on any atom is 0.136 e. The third-order valence-corrected chi connectivity index (χ3v) is 10.2. The molecule has 0 amide bonds. The predicted octanol–water partition coefficient (Wildman–Crippen LogP) is 14.4. The number of hydrogen-bond acceptors (Lipinski definition) is 2. The van der Waals surface area contributed by atoms with E-state index in [4.69, 9.17) is 4.42 Å². The summed E-state index contributed by atoms with van der Waals surface area (Å²) in [7, 11) is 0. The quantitative estimate of drug-likeness (QED) is 0.176. The molecule has 0 bridgehead atoms. The zero-order valence-corrected chi connectivity index (χ0v) is 28.4. The van der Waals surface area contributed by atoms with Crippen molar-refractivity contribution in [1.82, 2.24) is 0 Å². The highest BCUT2D eigenvalue weighted by molar-refractivity contribution is 6.16. The van der Waals surface area contributed by atoms with Crippen molar-refractivity contribution in [3.8, 4) is 33.4 Å². The maximum absolute atomic E-state index is 6.54. The van der Waals surface area contributed by atoms with Crippen LogP contribution < -0.4 is 4.90 Å². The molecule has 10 rings (SSSR count). The zero-order chi connectivity index (χ0) is 34.4. The smallest absolute Gasteiger partial charge is 0.136 e. The van der Waals surface area contributed by atoms with E-state index in [1.165, 1.54) is 43.8 Å². The van der Waals surface area contributed by atoms with Gasteiger partial charge in [0.2, 0.25) is 0 Å². The lowest BCUT2D eigenvalue weighted by Crippen LogP contribution is -2.11. The number of rotatable bonds is 6. The Balaban J connectivity index is 1.20. The molecule has 9 aromatic carbocycles. The van der Waals surface area contributed by atoms with Crippen LogP contribution in [-0.4, -0.2) is 0 Å². The maximum atomic E-state index is 6.54. The molecule has 0 aliphatic heterocycles. The van der Waals surface area contributed by atoms with Crippen molar-refractivity contribution in [2.45, 2.75) is 0 Å². The van der Waals surface area contributed by atoms with Gasteiger partial charge in [-0.2, -0.15) is 0 Å². The molecule has 1 heterocycles. The van der Waals surface area contributed by atoms with Gasteiger partial charge in [-0.1, -0.05) is 146 Å². The highest BCUT2D eigenvalue weighted by atomic mass is 16.3. The molecule has 2 nitrogen and oxygen atoms in total. The van der Waals surface area contributed by atoms with Crippen LogP contribution in [0.4, 0.5) is 17.1 Å². The molecule has 0 atom stereocenters. The van der Waals surface area contributed by atoms with Gasteiger partial charge in [0.1, 0.15) is 11.2 Å². The van der Waals surface area contributed by atoms with Crippen molar-refractivity contribution in [2.24, 2.45) is 0 Å². The second-order valence-corrected chi connectivity index (χ2v) is 13.4. The molecule has 1 aromatic heterocycles. The summed E-state index contributed by atoms with van der Waals surface area (Å²) in [6, 6.07) is 71.8. The van der Waals surface area contributed by atoms with Crippen molar-refractivity contribution in [1.29, 1.82) is 0 Å². The Hall–Kier alpha value is -6.90. The van der Waals surface area contributed by atoms with E-state index in [0.717, 1.165) is 50.1 Å². The van der Waals surface area contributed by atoms with Crippen LogP contribution in [0.1, 0.15) is 0 Å². The summed E-state index contributed by atoms with van der Waals surface area (Å²) < 4.78 is 6.54. The standard InChI is InChI=1S/C50H33NO/c1-2-13-34(14-3-1)37-19-10-21-42(30-37)51(43-22-11-20-38(31-43)41-28-27-35-15-4-5-16-36(35)29-41)47-25-9-8-23-44(47)45-24-12-26-48-50(45)46-32-39-17-6-7-18-40(39)33-49(46)52-48/h1-33H. The van der Waals surface area contributed by atoms with Gasteiger partial charge >= 0.3 is 0 Å². The lowest BCUT2D eigenvalue weighted by Gasteiger charge is -2.29. The van der Waals surface area contributed by atoms with E-state index in [1.54, 1.807) is 0 Å². The number of fused-ring (bicyclic) bond motifs is 5. The van der Waals surface area contributed by atoms with Crippen molar-refractivity contribution >= 4 is 60.5 Å². The first-order chi connectivity index (χ1) is 25.8. The van der Waals surface area contributed by atoms with Gasteiger partial charge in [-0.3, -0.25) is 0 Å². The Bertz CT molecular complexity index is 2920. The molecule has 244 valence electrons. The number of benzene rings is 9. The number of nitrogens with zero attached hydrogens (tertiary/aromatic N) is 1. The van der Waals surface area contributed by atoms with Crippen molar-refractivity contribution < 1.29 is 4.42 Å². The molecule has 0 saturated heterocycles. The molecule has 10 aromatic rings. The van der Waals surface area contributed by atoms with Gasteiger partial charge < -0.3 is 9.32 Å². The fraction of sp³-hybridized carbons (Fsp3) is 0. The van der Waals surface area contributed by atoms with Crippen molar-refractivity contribution in [3.05, 3.63) is 200 Å². The molecular formula is C50H33NO. The third-order valence-electron chi connectivity index (χ3n) is 10.2. The fourth-order valence-electron chi connectivity index (χ4n) is 7.71. The molecule has 0 aliphatic rings. The SMILES string of the molecule is c1ccc(-c2cccc(N(c3cccc(-c4ccc5ccccc5c4)c3)c3ccccc3-c3cccc4oc5cc6ccccc6cc5c34)c2)cc1. The van der Waals surface area contributed by atoms with Gasteiger partial charge in [0.25, 0.3) is 0 Å². The Morgan fingerprint density at radius 3 is 1.65 bits per heavy atom. The Morgan fingerprint density at radius 2 is 0.885 bits per heavy atom. The van der Waals surface area contributed by atoms with Crippen LogP contribution in [0.15, 0.2) is 205 Å². The Morgan fingerprint density at radius 1 is 0.327 bits per heavy atom. The summed E-state index contributed by atoms with van der Waals surface area (Å²) in [5.41, 5.74) is 12.0. The molecule has 2 heteroatoms. The first-order valence-corrected chi connectivity index (χ1v) is 17.8. The molecule has 0 radical (unpaired) electrons. The molecular weight excluding hydrogens is 631 g/mol. The minimum absolute atomic E-state index is 0.883. The summed E-state index contributed by atoms with van der Waals surface area (Å²) in [4.78, 5) is 2.41. The number of hydrogen-bond donors (Lipinski definition) is 0. The van der Waals surface area contributed by atoms with Gasteiger partial charge in [0.05, 0.1) is 5.69 Å². The average molecular weight is 664 g/mol. The summed E-state index contributed by atoms with van der Waals surface area (Å²) in [5.74, 6) is 0. The summed E-state index contributed by atoms with van der Waals surface area (Å²) >= 11 is 0. The predicted molar refractivity (Wildman–Crippen MR) is 220 cm³/mol. The summed E-state index contributed by atoms with van der Waals surface area (Å²) in [5, 5.41) is 7.09. The molecule has 0 unspecified atom stereocenters. The van der Waals surface area contributed by atoms with E-state index >= 15 is 0 Å². The Kier molecular flexibility index (Phi) is 7.18. The monoisotopic (exact) mass is 663 g/mol. The number of para-hydroxylation sites is 1. The van der Waals surface area contributed by atoms with Crippen molar-refractivity contribution in [3.63, 3.8) is 0 Å². The number of anilines is 3. The molecule has 52 heavy (non-hydrogen) atoms. The topological polar surface area (TPSA) is 16.4 Å². The third kappa shape index (κ3) is 5.21.